The molecule has 6 nitrogen and oxygen atoms in total. The zero-order valence-electron chi connectivity index (χ0n) is 13.0. The van der Waals surface area contributed by atoms with Crippen molar-refractivity contribution in [1.29, 1.82) is 0 Å². The zero-order valence-corrected chi connectivity index (χ0v) is 13.0. The van der Waals surface area contributed by atoms with Gasteiger partial charge in [0, 0.05) is 11.6 Å². The number of amides is 1. The van der Waals surface area contributed by atoms with Gasteiger partial charge in [0.2, 0.25) is 0 Å². The van der Waals surface area contributed by atoms with Gasteiger partial charge in [-0.25, -0.2) is 0 Å². The SMILES string of the molecule is COc1cc(C)cc(C2NC(=O)c3c(OC)cc(O)cc32)c1O. The molecule has 0 aliphatic carbocycles. The number of methoxy groups -OCH3 is 2. The van der Waals surface area contributed by atoms with Gasteiger partial charge in [-0.05, 0) is 36.2 Å². The summed E-state index contributed by atoms with van der Waals surface area (Å²) in [6.45, 7) is 1.87. The zero-order chi connectivity index (χ0) is 16.7. The molecule has 0 saturated carbocycles. The van der Waals surface area contributed by atoms with E-state index in [9.17, 15) is 15.0 Å². The fourth-order valence-electron chi connectivity index (χ4n) is 2.93. The summed E-state index contributed by atoms with van der Waals surface area (Å²) in [6.07, 6.45) is 0. The van der Waals surface area contributed by atoms with E-state index in [0.717, 1.165) is 5.56 Å². The first-order valence-corrected chi connectivity index (χ1v) is 7.05. The van der Waals surface area contributed by atoms with Crippen LogP contribution in [0.2, 0.25) is 0 Å². The predicted molar refractivity (Wildman–Crippen MR) is 83.4 cm³/mol. The van der Waals surface area contributed by atoms with Gasteiger partial charge in [-0.2, -0.15) is 0 Å². The lowest BCUT2D eigenvalue weighted by Crippen LogP contribution is -2.20. The van der Waals surface area contributed by atoms with Gasteiger partial charge in [-0.15, -0.1) is 0 Å². The van der Waals surface area contributed by atoms with Crippen molar-refractivity contribution in [1.82, 2.24) is 5.32 Å². The Morgan fingerprint density at radius 2 is 1.70 bits per heavy atom. The molecule has 1 amide bonds. The molecule has 0 radical (unpaired) electrons. The molecular formula is C17H17NO5. The van der Waals surface area contributed by atoms with Crippen LogP contribution in [0.4, 0.5) is 0 Å². The first kappa shape index (κ1) is 15.0. The average molecular weight is 315 g/mol. The Morgan fingerprint density at radius 1 is 1.00 bits per heavy atom. The Balaban J connectivity index is 2.21. The highest BCUT2D eigenvalue weighted by molar-refractivity contribution is 6.02. The molecule has 23 heavy (non-hydrogen) atoms. The maximum absolute atomic E-state index is 12.3. The summed E-state index contributed by atoms with van der Waals surface area (Å²) < 4.78 is 10.4. The predicted octanol–water partition coefficient (Wildman–Crippen LogP) is 2.26. The van der Waals surface area contributed by atoms with Crippen LogP contribution in [-0.4, -0.2) is 30.3 Å². The van der Waals surface area contributed by atoms with Crippen molar-refractivity contribution in [2.75, 3.05) is 14.2 Å². The quantitative estimate of drug-likeness (QED) is 0.808. The van der Waals surface area contributed by atoms with E-state index in [1.54, 1.807) is 12.1 Å². The number of nitrogens with one attached hydrogen (secondary N) is 1. The lowest BCUT2D eigenvalue weighted by atomic mass is 9.95. The highest BCUT2D eigenvalue weighted by Gasteiger charge is 2.35. The number of carbonyl (C=O) groups excluding carboxylic acids is 1. The van der Waals surface area contributed by atoms with Crippen LogP contribution < -0.4 is 14.8 Å². The van der Waals surface area contributed by atoms with E-state index in [-0.39, 0.29) is 17.4 Å². The minimum atomic E-state index is -0.590. The number of rotatable bonds is 3. The molecule has 0 bridgehead atoms. The first-order chi connectivity index (χ1) is 11.0. The number of phenolic OH excluding ortho intramolecular Hbond substituents is 2. The Kier molecular flexibility index (Phi) is 3.52. The lowest BCUT2D eigenvalue weighted by Gasteiger charge is -2.17. The van der Waals surface area contributed by atoms with Gasteiger partial charge in [-0.1, -0.05) is 0 Å². The second kappa shape index (κ2) is 5.39. The molecule has 2 aromatic rings. The fourth-order valence-corrected chi connectivity index (χ4v) is 2.93. The molecule has 3 rings (SSSR count). The van der Waals surface area contributed by atoms with Crippen LogP contribution in [0.25, 0.3) is 0 Å². The molecule has 1 heterocycles. The maximum atomic E-state index is 12.3. The molecule has 6 heteroatoms. The van der Waals surface area contributed by atoms with Gasteiger partial charge in [0.15, 0.2) is 11.5 Å². The summed E-state index contributed by atoms with van der Waals surface area (Å²) in [5, 5.41) is 23.1. The number of benzene rings is 2. The van der Waals surface area contributed by atoms with Crippen molar-refractivity contribution in [3.8, 4) is 23.0 Å². The second-order valence-corrected chi connectivity index (χ2v) is 5.42. The molecule has 2 aromatic carbocycles. The number of aromatic hydroxyl groups is 2. The lowest BCUT2D eigenvalue weighted by molar-refractivity contribution is 0.0958. The minimum Gasteiger partial charge on any atom is -0.508 e. The summed E-state index contributed by atoms with van der Waals surface area (Å²) in [7, 11) is 2.90. The molecule has 120 valence electrons. The van der Waals surface area contributed by atoms with Crippen molar-refractivity contribution in [3.63, 3.8) is 0 Å². The van der Waals surface area contributed by atoms with Crippen LogP contribution in [0.1, 0.15) is 33.1 Å². The van der Waals surface area contributed by atoms with Gasteiger partial charge in [0.1, 0.15) is 11.5 Å². The van der Waals surface area contributed by atoms with Crippen molar-refractivity contribution >= 4 is 5.91 Å². The largest absolute Gasteiger partial charge is 0.508 e. The molecule has 1 atom stereocenters. The molecule has 0 spiro atoms. The number of hydrogen-bond donors (Lipinski definition) is 3. The summed E-state index contributed by atoms with van der Waals surface area (Å²) >= 11 is 0. The Hall–Kier alpha value is -2.89. The minimum absolute atomic E-state index is 0.0128. The normalized spacial score (nSPS) is 16.0. The van der Waals surface area contributed by atoms with E-state index >= 15 is 0 Å². The van der Waals surface area contributed by atoms with Gasteiger partial charge in [0.05, 0.1) is 25.8 Å². The standard InChI is InChI=1S/C17H17NO5/c1-8-4-11(16(20)13(5-8)23-3)15-10-6-9(19)7-12(22-2)14(10)17(21)18-15/h4-7,15,19-20H,1-3H3,(H,18,21). The van der Waals surface area contributed by atoms with Crippen LogP contribution >= 0.6 is 0 Å². The van der Waals surface area contributed by atoms with Crippen LogP contribution in [0.15, 0.2) is 24.3 Å². The van der Waals surface area contributed by atoms with Crippen molar-refractivity contribution < 1.29 is 24.5 Å². The molecule has 3 N–H and O–H groups in total. The molecule has 1 unspecified atom stereocenters. The Labute approximate surface area is 133 Å². The van der Waals surface area contributed by atoms with Gasteiger partial charge in [-0.3, -0.25) is 4.79 Å². The van der Waals surface area contributed by atoms with Crippen LogP contribution in [0.5, 0.6) is 23.0 Å². The second-order valence-electron chi connectivity index (χ2n) is 5.42. The van der Waals surface area contributed by atoms with Crippen LogP contribution in [-0.2, 0) is 0 Å². The average Bonchev–Trinajstić information content (AvgIpc) is 2.85. The van der Waals surface area contributed by atoms with E-state index in [0.29, 0.717) is 28.2 Å². The highest BCUT2D eigenvalue weighted by atomic mass is 16.5. The maximum Gasteiger partial charge on any atom is 0.256 e. The number of phenols is 2. The number of aryl methyl sites for hydroxylation is 1. The van der Waals surface area contributed by atoms with E-state index in [2.05, 4.69) is 5.32 Å². The third-order valence-corrected chi connectivity index (χ3v) is 3.93. The van der Waals surface area contributed by atoms with E-state index < -0.39 is 6.04 Å². The van der Waals surface area contributed by atoms with Crippen LogP contribution in [0.3, 0.4) is 0 Å². The van der Waals surface area contributed by atoms with Crippen LogP contribution in [0, 0.1) is 6.92 Å². The fraction of sp³-hybridized carbons (Fsp3) is 0.235. The molecule has 1 aliphatic heterocycles. The van der Waals surface area contributed by atoms with Gasteiger partial charge < -0.3 is 25.0 Å². The highest BCUT2D eigenvalue weighted by Crippen LogP contribution is 2.43. The smallest absolute Gasteiger partial charge is 0.256 e. The van der Waals surface area contributed by atoms with E-state index in [4.69, 9.17) is 9.47 Å². The summed E-state index contributed by atoms with van der Waals surface area (Å²) in [4.78, 5) is 12.3. The van der Waals surface area contributed by atoms with Gasteiger partial charge in [0.25, 0.3) is 5.91 Å². The van der Waals surface area contributed by atoms with Crippen molar-refractivity contribution in [3.05, 3.63) is 46.5 Å². The van der Waals surface area contributed by atoms with E-state index in [1.165, 1.54) is 26.4 Å². The third kappa shape index (κ3) is 2.32. The third-order valence-electron chi connectivity index (χ3n) is 3.93. The van der Waals surface area contributed by atoms with Gasteiger partial charge >= 0.3 is 0 Å². The molecule has 0 saturated heterocycles. The monoisotopic (exact) mass is 315 g/mol. The summed E-state index contributed by atoms with van der Waals surface area (Å²) in [5.74, 6) is 0.246. The molecule has 0 fully saturated rings. The number of fused-ring (bicyclic) bond motifs is 1. The number of ether oxygens (including phenoxy) is 2. The molecular weight excluding hydrogens is 298 g/mol. The van der Waals surface area contributed by atoms with Crippen molar-refractivity contribution in [2.45, 2.75) is 13.0 Å². The summed E-state index contributed by atoms with van der Waals surface area (Å²) in [5.41, 5.74) is 2.29. The summed E-state index contributed by atoms with van der Waals surface area (Å²) in [6, 6.07) is 5.77. The Morgan fingerprint density at radius 3 is 2.35 bits per heavy atom. The number of hydrogen-bond acceptors (Lipinski definition) is 5. The molecule has 1 aliphatic rings. The molecule has 0 aromatic heterocycles. The van der Waals surface area contributed by atoms with E-state index in [1.807, 2.05) is 6.92 Å². The number of carbonyl (C=O) groups is 1. The topological polar surface area (TPSA) is 88.0 Å². The van der Waals surface area contributed by atoms with Crippen molar-refractivity contribution in [2.24, 2.45) is 0 Å². The Bertz CT molecular complexity index is 800. The first-order valence-electron chi connectivity index (χ1n) is 7.05.